The van der Waals surface area contributed by atoms with Gasteiger partial charge in [-0.2, -0.15) is 4.31 Å². The lowest BCUT2D eigenvalue weighted by Crippen LogP contribution is -2.34. The van der Waals surface area contributed by atoms with Crippen molar-refractivity contribution in [1.82, 2.24) is 9.62 Å². The van der Waals surface area contributed by atoms with Crippen molar-refractivity contribution in [2.45, 2.75) is 24.7 Å². The average molecular weight is 478 g/mol. The molecule has 1 aliphatic rings. The van der Waals surface area contributed by atoms with Gasteiger partial charge in [-0.25, -0.2) is 8.42 Å². The van der Waals surface area contributed by atoms with Crippen LogP contribution in [0.3, 0.4) is 0 Å². The van der Waals surface area contributed by atoms with Gasteiger partial charge >= 0.3 is 0 Å². The van der Waals surface area contributed by atoms with Crippen molar-refractivity contribution in [3.05, 3.63) is 54.1 Å². The Bertz CT molecular complexity index is 1020. The summed E-state index contributed by atoms with van der Waals surface area (Å²) in [6, 6.07) is 13.0. The van der Waals surface area contributed by atoms with E-state index in [0.717, 1.165) is 12.8 Å². The first-order valence-electron chi connectivity index (χ1n) is 10.4. The molecule has 2 aromatic carbocycles. The fraction of sp³-hybridized carbons (Fsp3) is 0.364. The highest BCUT2D eigenvalue weighted by molar-refractivity contribution is 7.89. The summed E-state index contributed by atoms with van der Waals surface area (Å²) in [7, 11) is -3.47. The van der Waals surface area contributed by atoms with Crippen LogP contribution in [0.5, 0.6) is 5.75 Å². The summed E-state index contributed by atoms with van der Waals surface area (Å²) in [6.45, 7) is 4.60. The Morgan fingerprint density at radius 1 is 1.03 bits per heavy atom. The minimum absolute atomic E-state index is 0.113. The Morgan fingerprint density at radius 3 is 2.31 bits per heavy atom. The molecule has 0 bridgehead atoms. The summed E-state index contributed by atoms with van der Waals surface area (Å²) in [5.74, 6) is 0.280. The topological polar surface area (TPSA) is 97.0 Å². The molecule has 0 unspecified atom stereocenters. The molecule has 32 heavy (non-hydrogen) atoms. The van der Waals surface area contributed by atoms with Gasteiger partial charge in [0.15, 0.2) is 5.11 Å². The zero-order valence-corrected chi connectivity index (χ0v) is 19.5. The van der Waals surface area contributed by atoms with Gasteiger partial charge in [0.05, 0.1) is 11.5 Å². The van der Waals surface area contributed by atoms with Crippen molar-refractivity contribution in [1.29, 1.82) is 0 Å². The third-order valence-corrected chi connectivity index (χ3v) is 6.98. The Kier molecular flexibility index (Phi) is 8.57. The maximum Gasteiger partial charge on any atom is 0.257 e. The SMILES string of the molecule is CCOCCOc1ccc(C(=O)NC(=S)Nc2ccc(S(=O)(=O)N3CCCC3)cc2)cc1. The standard InChI is InChI=1S/C22H27N3O5S2/c1-2-29-15-16-30-19-9-5-17(6-10-19)21(26)24-22(31)23-18-7-11-20(12-8-18)32(27,28)25-13-3-4-14-25/h5-12H,2-4,13-16H2,1H3,(H2,23,24,26,31). The van der Waals surface area contributed by atoms with Crippen molar-refractivity contribution in [3.63, 3.8) is 0 Å². The van der Waals surface area contributed by atoms with Crippen LogP contribution in [-0.2, 0) is 14.8 Å². The number of hydrogen-bond donors (Lipinski definition) is 2. The minimum Gasteiger partial charge on any atom is -0.491 e. The molecule has 8 nitrogen and oxygen atoms in total. The van der Waals surface area contributed by atoms with Crippen LogP contribution in [0.25, 0.3) is 0 Å². The summed E-state index contributed by atoms with van der Waals surface area (Å²) >= 11 is 5.21. The zero-order chi connectivity index (χ0) is 23.0. The summed E-state index contributed by atoms with van der Waals surface area (Å²) in [4.78, 5) is 12.6. The molecular formula is C22H27N3O5S2. The summed E-state index contributed by atoms with van der Waals surface area (Å²) in [5, 5.41) is 5.62. The first-order chi connectivity index (χ1) is 15.4. The van der Waals surface area contributed by atoms with Crippen LogP contribution in [0.2, 0.25) is 0 Å². The molecule has 0 aliphatic carbocycles. The molecule has 3 rings (SSSR count). The number of carbonyl (C=O) groups is 1. The van der Waals surface area contributed by atoms with Crippen LogP contribution in [0.4, 0.5) is 5.69 Å². The van der Waals surface area contributed by atoms with E-state index in [1.54, 1.807) is 36.4 Å². The fourth-order valence-corrected chi connectivity index (χ4v) is 4.92. The zero-order valence-electron chi connectivity index (χ0n) is 17.9. The number of carbonyl (C=O) groups excluding carboxylic acids is 1. The van der Waals surface area contributed by atoms with Gasteiger partial charge < -0.3 is 14.8 Å². The second-order valence-electron chi connectivity index (χ2n) is 7.11. The number of amides is 1. The number of thiocarbonyl (C=S) groups is 1. The van der Waals surface area contributed by atoms with Gasteiger partial charge in [-0.1, -0.05) is 0 Å². The predicted molar refractivity (Wildman–Crippen MR) is 127 cm³/mol. The second kappa shape index (κ2) is 11.4. The van der Waals surface area contributed by atoms with E-state index in [2.05, 4.69) is 10.6 Å². The third-order valence-electron chi connectivity index (χ3n) is 4.86. The van der Waals surface area contributed by atoms with Crippen LogP contribution >= 0.6 is 12.2 Å². The molecule has 10 heteroatoms. The second-order valence-corrected chi connectivity index (χ2v) is 9.46. The van der Waals surface area contributed by atoms with Crippen LogP contribution in [0, 0.1) is 0 Å². The van der Waals surface area contributed by atoms with E-state index in [-0.39, 0.29) is 15.9 Å². The highest BCUT2D eigenvalue weighted by atomic mass is 32.2. The quantitative estimate of drug-likeness (QED) is 0.423. The lowest BCUT2D eigenvalue weighted by atomic mass is 10.2. The lowest BCUT2D eigenvalue weighted by molar-refractivity contribution is 0.0977. The maximum absolute atomic E-state index is 12.6. The van der Waals surface area contributed by atoms with Gasteiger partial charge in [-0.3, -0.25) is 10.1 Å². The van der Waals surface area contributed by atoms with Crippen LogP contribution < -0.4 is 15.4 Å². The molecule has 1 aliphatic heterocycles. The lowest BCUT2D eigenvalue weighted by Gasteiger charge is -2.16. The summed E-state index contributed by atoms with van der Waals surface area (Å²) < 4.78 is 37.4. The molecule has 172 valence electrons. The van der Waals surface area contributed by atoms with E-state index in [0.29, 0.717) is 49.9 Å². The predicted octanol–water partition coefficient (Wildman–Crippen LogP) is 3.01. The van der Waals surface area contributed by atoms with Crippen LogP contribution in [-0.4, -0.2) is 56.7 Å². The molecule has 2 aromatic rings. The summed E-state index contributed by atoms with van der Waals surface area (Å²) in [6.07, 6.45) is 1.77. The van der Waals surface area contributed by atoms with Crippen molar-refractivity contribution in [2.75, 3.05) is 38.2 Å². The van der Waals surface area contributed by atoms with Crippen molar-refractivity contribution < 1.29 is 22.7 Å². The van der Waals surface area contributed by atoms with Crippen molar-refractivity contribution >= 4 is 38.9 Å². The number of rotatable bonds is 9. The van der Waals surface area contributed by atoms with E-state index in [4.69, 9.17) is 21.7 Å². The van der Waals surface area contributed by atoms with E-state index in [1.165, 1.54) is 16.4 Å². The normalized spacial score (nSPS) is 14.2. The highest BCUT2D eigenvalue weighted by Gasteiger charge is 2.26. The Balaban J connectivity index is 1.51. The van der Waals surface area contributed by atoms with Gasteiger partial charge in [0, 0.05) is 30.9 Å². The molecule has 0 aromatic heterocycles. The minimum atomic E-state index is -3.47. The molecule has 1 heterocycles. The Hall–Kier alpha value is -2.53. The number of anilines is 1. The molecule has 1 saturated heterocycles. The Morgan fingerprint density at radius 2 is 1.69 bits per heavy atom. The number of sulfonamides is 1. The van der Waals surface area contributed by atoms with E-state index < -0.39 is 10.0 Å². The number of nitrogens with zero attached hydrogens (tertiary/aromatic N) is 1. The third kappa shape index (κ3) is 6.49. The highest BCUT2D eigenvalue weighted by Crippen LogP contribution is 2.22. The van der Waals surface area contributed by atoms with Crippen molar-refractivity contribution in [3.8, 4) is 5.75 Å². The molecule has 1 amide bonds. The molecule has 0 atom stereocenters. The smallest absolute Gasteiger partial charge is 0.257 e. The van der Waals surface area contributed by atoms with Gasteiger partial charge in [0.25, 0.3) is 5.91 Å². The Labute approximate surface area is 193 Å². The largest absolute Gasteiger partial charge is 0.491 e. The molecule has 1 fully saturated rings. The first kappa shape index (κ1) is 24.1. The monoisotopic (exact) mass is 477 g/mol. The van der Waals surface area contributed by atoms with Gasteiger partial charge in [-0.15, -0.1) is 0 Å². The molecular weight excluding hydrogens is 450 g/mol. The van der Waals surface area contributed by atoms with E-state index in [9.17, 15) is 13.2 Å². The van der Waals surface area contributed by atoms with E-state index in [1.807, 2.05) is 6.92 Å². The van der Waals surface area contributed by atoms with Gasteiger partial charge in [0.1, 0.15) is 12.4 Å². The first-order valence-corrected chi connectivity index (χ1v) is 12.3. The molecule has 0 radical (unpaired) electrons. The fourth-order valence-electron chi connectivity index (χ4n) is 3.19. The van der Waals surface area contributed by atoms with Crippen LogP contribution in [0.1, 0.15) is 30.1 Å². The number of ether oxygens (including phenoxy) is 2. The van der Waals surface area contributed by atoms with Gasteiger partial charge in [-0.05, 0) is 80.5 Å². The number of benzene rings is 2. The number of hydrogen-bond acceptors (Lipinski definition) is 6. The maximum atomic E-state index is 12.6. The number of nitrogens with one attached hydrogen (secondary N) is 2. The molecule has 0 spiro atoms. The van der Waals surface area contributed by atoms with Crippen molar-refractivity contribution in [2.24, 2.45) is 0 Å². The molecule has 0 saturated carbocycles. The molecule has 2 N–H and O–H groups in total. The average Bonchev–Trinajstić information content (AvgIpc) is 3.33. The van der Waals surface area contributed by atoms with Crippen LogP contribution in [0.15, 0.2) is 53.4 Å². The van der Waals surface area contributed by atoms with Gasteiger partial charge in [0.2, 0.25) is 10.0 Å². The van der Waals surface area contributed by atoms with E-state index >= 15 is 0 Å². The summed E-state index contributed by atoms with van der Waals surface area (Å²) in [5.41, 5.74) is 1.01.